The molecule has 2 amide bonds. The first-order valence-corrected chi connectivity index (χ1v) is 8.85. The van der Waals surface area contributed by atoms with Crippen LogP contribution in [0.15, 0.2) is 53.5 Å². The van der Waals surface area contributed by atoms with E-state index >= 15 is 0 Å². The minimum atomic E-state index is -0.348. The zero-order valence-corrected chi connectivity index (χ0v) is 14.4. The van der Waals surface area contributed by atoms with E-state index in [2.05, 4.69) is 10.7 Å². The lowest BCUT2D eigenvalue weighted by molar-refractivity contribution is -0.124. The third kappa shape index (κ3) is 4.99. The van der Waals surface area contributed by atoms with Crippen LogP contribution < -0.4 is 10.7 Å². The zero-order chi connectivity index (χ0) is 17.5. The van der Waals surface area contributed by atoms with Gasteiger partial charge in [-0.3, -0.25) is 15.0 Å². The van der Waals surface area contributed by atoms with E-state index in [4.69, 9.17) is 4.74 Å². The minimum Gasteiger partial charge on any atom is -0.379 e. The summed E-state index contributed by atoms with van der Waals surface area (Å²) < 4.78 is 5.27. The average Bonchev–Trinajstić information content (AvgIpc) is 3.16. The van der Waals surface area contributed by atoms with Gasteiger partial charge in [0.1, 0.15) is 5.70 Å². The topological polar surface area (TPSA) is 70.7 Å². The molecule has 6 nitrogen and oxygen atoms in total. The van der Waals surface area contributed by atoms with Crippen LogP contribution in [0.1, 0.15) is 15.2 Å². The highest BCUT2D eigenvalue weighted by molar-refractivity contribution is 7.10. The number of carbonyl (C=O) groups is 2. The summed E-state index contributed by atoms with van der Waals surface area (Å²) in [4.78, 5) is 25.9. The molecular weight excluding hydrogens is 338 g/mol. The molecule has 0 radical (unpaired) electrons. The van der Waals surface area contributed by atoms with Gasteiger partial charge >= 0.3 is 0 Å². The third-order valence-corrected chi connectivity index (χ3v) is 4.45. The summed E-state index contributed by atoms with van der Waals surface area (Å²) in [6.45, 7) is 2.37. The minimum absolute atomic E-state index is 0.211. The SMILES string of the molecule is O=C(NN1CCOCC1)C(=Cc1cccs1)NC(=O)c1ccccc1. The van der Waals surface area contributed by atoms with Gasteiger partial charge in [-0.2, -0.15) is 0 Å². The van der Waals surface area contributed by atoms with Gasteiger partial charge in [0.05, 0.1) is 13.2 Å². The fraction of sp³-hybridized carbons (Fsp3) is 0.222. The van der Waals surface area contributed by atoms with Crippen LogP contribution in [0.2, 0.25) is 0 Å². The van der Waals surface area contributed by atoms with Crippen molar-refractivity contribution in [2.24, 2.45) is 0 Å². The van der Waals surface area contributed by atoms with E-state index in [0.717, 1.165) is 4.88 Å². The molecule has 0 saturated carbocycles. The molecule has 1 fully saturated rings. The van der Waals surface area contributed by atoms with Crippen molar-refractivity contribution in [1.82, 2.24) is 15.8 Å². The Bertz CT molecular complexity index is 738. The summed E-state index contributed by atoms with van der Waals surface area (Å²) in [5.41, 5.74) is 3.53. The quantitative estimate of drug-likeness (QED) is 0.802. The summed E-state index contributed by atoms with van der Waals surface area (Å²) in [7, 11) is 0. The second-order valence-electron chi connectivity index (χ2n) is 5.43. The van der Waals surface area contributed by atoms with Crippen molar-refractivity contribution in [2.75, 3.05) is 26.3 Å². The van der Waals surface area contributed by atoms with Gasteiger partial charge in [0.15, 0.2) is 0 Å². The number of ether oxygens (including phenoxy) is 1. The number of amides is 2. The molecule has 1 aromatic carbocycles. The maximum absolute atomic E-state index is 12.6. The second kappa shape index (κ2) is 8.57. The molecular formula is C18H19N3O3S. The van der Waals surface area contributed by atoms with Gasteiger partial charge in [0.25, 0.3) is 11.8 Å². The van der Waals surface area contributed by atoms with Crippen LogP contribution in [0, 0.1) is 0 Å². The van der Waals surface area contributed by atoms with Gasteiger partial charge in [0.2, 0.25) is 0 Å². The van der Waals surface area contributed by atoms with Crippen molar-refractivity contribution in [2.45, 2.75) is 0 Å². The molecule has 130 valence electrons. The van der Waals surface area contributed by atoms with E-state index in [1.165, 1.54) is 11.3 Å². The fourth-order valence-electron chi connectivity index (χ4n) is 2.34. The van der Waals surface area contributed by atoms with Crippen LogP contribution in [0.5, 0.6) is 0 Å². The van der Waals surface area contributed by atoms with Crippen molar-refractivity contribution in [3.8, 4) is 0 Å². The molecule has 0 bridgehead atoms. The van der Waals surface area contributed by atoms with Gasteiger partial charge in [-0.15, -0.1) is 11.3 Å². The van der Waals surface area contributed by atoms with E-state index in [0.29, 0.717) is 31.9 Å². The standard InChI is InChI=1S/C18H19N3O3S/c22-17(14-5-2-1-3-6-14)19-16(13-15-7-4-12-25-15)18(23)20-21-8-10-24-11-9-21/h1-7,12-13H,8-11H2,(H,19,22)(H,20,23). The summed E-state index contributed by atoms with van der Waals surface area (Å²) in [5.74, 6) is -0.667. The lowest BCUT2D eigenvalue weighted by Gasteiger charge is -2.27. The molecule has 1 aromatic heterocycles. The first-order chi connectivity index (χ1) is 12.2. The van der Waals surface area contributed by atoms with Crippen molar-refractivity contribution < 1.29 is 14.3 Å². The van der Waals surface area contributed by atoms with E-state index < -0.39 is 0 Å². The number of hydrogen-bond acceptors (Lipinski definition) is 5. The number of carbonyl (C=O) groups excluding carboxylic acids is 2. The van der Waals surface area contributed by atoms with Crippen molar-refractivity contribution in [3.05, 3.63) is 64.0 Å². The first kappa shape index (κ1) is 17.3. The Kier molecular flexibility index (Phi) is 5.95. The Labute approximate surface area is 150 Å². The molecule has 2 heterocycles. The number of morpholine rings is 1. The second-order valence-corrected chi connectivity index (χ2v) is 6.41. The van der Waals surface area contributed by atoms with Crippen molar-refractivity contribution in [1.29, 1.82) is 0 Å². The lowest BCUT2D eigenvalue weighted by atomic mass is 10.2. The van der Waals surface area contributed by atoms with Crippen LogP contribution >= 0.6 is 11.3 Å². The normalized spacial score (nSPS) is 15.6. The van der Waals surface area contributed by atoms with Gasteiger partial charge in [0, 0.05) is 23.5 Å². The predicted molar refractivity (Wildman–Crippen MR) is 96.7 cm³/mol. The average molecular weight is 357 g/mol. The van der Waals surface area contributed by atoms with E-state index in [1.807, 2.05) is 23.6 Å². The van der Waals surface area contributed by atoms with E-state index in [-0.39, 0.29) is 17.5 Å². The van der Waals surface area contributed by atoms with Gasteiger partial charge in [-0.1, -0.05) is 24.3 Å². The first-order valence-electron chi connectivity index (χ1n) is 7.97. The highest BCUT2D eigenvalue weighted by atomic mass is 32.1. The summed E-state index contributed by atoms with van der Waals surface area (Å²) >= 11 is 1.50. The maximum Gasteiger partial charge on any atom is 0.282 e. The van der Waals surface area contributed by atoms with Crippen LogP contribution in [-0.4, -0.2) is 43.1 Å². The molecule has 0 spiro atoms. The van der Waals surface area contributed by atoms with E-state index in [1.54, 1.807) is 35.4 Å². The van der Waals surface area contributed by atoms with Crippen LogP contribution in [0.25, 0.3) is 6.08 Å². The number of thiophene rings is 1. The maximum atomic E-state index is 12.6. The Morgan fingerprint density at radius 2 is 1.84 bits per heavy atom. The Morgan fingerprint density at radius 3 is 2.52 bits per heavy atom. The summed E-state index contributed by atoms with van der Waals surface area (Å²) in [6.07, 6.45) is 1.68. The number of nitrogens with zero attached hydrogens (tertiary/aromatic N) is 1. The number of benzene rings is 1. The molecule has 7 heteroatoms. The molecule has 0 unspecified atom stereocenters. The summed E-state index contributed by atoms with van der Waals surface area (Å²) in [5, 5.41) is 6.43. The fourth-order valence-corrected chi connectivity index (χ4v) is 2.99. The smallest absolute Gasteiger partial charge is 0.282 e. The Hall–Kier alpha value is -2.48. The summed E-state index contributed by atoms with van der Waals surface area (Å²) in [6, 6.07) is 12.6. The largest absolute Gasteiger partial charge is 0.379 e. The van der Waals surface area contributed by atoms with Gasteiger partial charge in [-0.25, -0.2) is 5.01 Å². The molecule has 1 saturated heterocycles. The molecule has 1 aliphatic rings. The monoisotopic (exact) mass is 357 g/mol. The van der Waals surface area contributed by atoms with Gasteiger partial charge < -0.3 is 10.1 Å². The highest BCUT2D eigenvalue weighted by Crippen LogP contribution is 2.13. The predicted octanol–water partition coefficient (Wildman–Crippen LogP) is 1.88. The van der Waals surface area contributed by atoms with E-state index in [9.17, 15) is 9.59 Å². The molecule has 1 aliphatic heterocycles. The van der Waals surface area contributed by atoms with Crippen LogP contribution in [0.4, 0.5) is 0 Å². The Balaban J connectivity index is 1.75. The highest BCUT2D eigenvalue weighted by Gasteiger charge is 2.18. The lowest BCUT2D eigenvalue weighted by Crippen LogP contribution is -2.50. The number of hydrazine groups is 1. The molecule has 3 rings (SSSR count). The number of hydrogen-bond donors (Lipinski definition) is 2. The van der Waals surface area contributed by atoms with Crippen molar-refractivity contribution in [3.63, 3.8) is 0 Å². The molecule has 2 N–H and O–H groups in total. The molecule has 0 aliphatic carbocycles. The van der Waals surface area contributed by atoms with Crippen LogP contribution in [0.3, 0.4) is 0 Å². The molecule has 2 aromatic rings. The number of nitrogens with one attached hydrogen (secondary N) is 2. The zero-order valence-electron chi connectivity index (χ0n) is 13.6. The Morgan fingerprint density at radius 1 is 1.08 bits per heavy atom. The molecule has 0 atom stereocenters. The van der Waals surface area contributed by atoms with Crippen LogP contribution in [-0.2, 0) is 9.53 Å². The third-order valence-electron chi connectivity index (χ3n) is 3.63. The van der Waals surface area contributed by atoms with Crippen molar-refractivity contribution >= 4 is 29.2 Å². The number of rotatable bonds is 5. The molecule has 25 heavy (non-hydrogen) atoms. The van der Waals surface area contributed by atoms with Gasteiger partial charge in [-0.05, 0) is 29.7 Å².